The smallest absolute Gasteiger partial charge is 0.412 e. The molecule has 0 saturated heterocycles. The van der Waals surface area contributed by atoms with Gasteiger partial charge in [-0.05, 0) is 33.3 Å². The van der Waals surface area contributed by atoms with E-state index in [1.54, 1.807) is 20.8 Å². The lowest BCUT2D eigenvalue weighted by Gasteiger charge is -2.20. The van der Waals surface area contributed by atoms with Crippen LogP contribution in [0.4, 0.5) is 10.5 Å². The molecule has 1 aromatic rings. The van der Waals surface area contributed by atoms with Gasteiger partial charge in [0, 0.05) is 6.20 Å². The Bertz CT molecular complexity index is 675. The molecule has 1 aromatic heterocycles. The highest BCUT2D eigenvalue weighted by Gasteiger charge is 2.23. The Kier molecular flexibility index (Phi) is 5.98. The molecule has 8 heteroatoms. The largest absolute Gasteiger partial charge is 0.480 e. The summed E-state index contributed by atoms with van der Waals surface area (Å²) in [5.41, 5.74) is -1.61. The summed E-state index contributed by atoms with van der Waals surface area (Å²) in [6, 6.07) is 0.0646. The van der Waals surface area contributed by atoms with Crippen LogP contribution >= 0.6 is 11.6 Å². The maximum atomic E-state index is 12.4. The van der Waals surface area contributed by atoms with Crippen molar-refractivity contribution < 1.29 is 19.4 Å². The van der Waals surface area contributed by atoms with E-state index in [0.717, 1.165) is 4.57 Å². The molecule has 1 unspecified atom stereocenters. The fourth-order valence-electron chi connectivity index (χ4n) is 1.79. The van der Waals surface area contributed by atoms with Gasteiger partial charge in [-0.3, -0.25) is 14.7 Å². The number of carbonyl (C=O) groups is 2. The minimum absolute atomic E-state index is 0.0292. The lowest BCUT2D eigenvalue weighted by atomic mass is 10.2. The predicted octanol–water partition coefficient (Wildman–Crippen LogP) is 3.05. The second-order valence-electron chi connectivity index (χ2n) is 5.79. The summed E-state index contributed by atoms with van der Waals surface area (Å²) >= 11 is 5.92. The van der Waals surface area contributed by atoms with E-state index in [4.69, 9.17) is 16.3 Å². The van der Waals surface area contributed by atoms with Crippen LogP contribution in [0.25, 0.3) is 0 Å². The van der Waals surface area contributed by atoms with Crippen molar-refractivity contribution >= 4 is 29.4 Å². The highest BCUT2D eigenvalue weighted by Crippen LogP contribution is 2.18. The molecule has 126 valence electrons. The van der Waals surface area contributed by atoms with Crippen molar-refractivity contribution in [3.8, 4) is 0 Å². The number of carboxylic acids is 1. The Morgan fingerprint density at radius 3 is 2.61 bits per heavy atom. The van der Waals surface area contributed by atoms with E-state index in [2.05, 4.69) is 11.9 Å². The number of hydrogen-bond donors (Lipinski definition) is 2. The molecular weight excluding hydrogens is 324 g/mol. The van der Waals surface area contributed by atoms with Crippen molar-refractivity contribution in [2.24, 2.45) is 0 Å². The molecule has 0 aliphatic rings. The number of allylic oxidation sites excluding steroid dienone is 1. The fraction of sp³-hybridized carbons (Fsp3) is 0.400. The fourth-order valence-corrected chi connectivity index (χ4v) is 2.01. The van der Waals surface area contributed by atoms with Crippen molar-refractivity contribution in [2.45, 2.75) is 38.8 Å². The molecule has 0 aromatic carbocycles. The molecular formula is C15H19ClN2O5. The van der Waals surface area contributed by atoms with E-state index >= 15 is 0 Å². The molecule has 2 N–H and O–H groups in total. The summed E-state index contributed by atoms with van der Waals surface area (Å²) in [5, 5.41) is 11.6. The van der Waals surface area contributed by atoms with Gasteiger partial charge < -0.3 is 9.84 Å². The molecule has 0 radical (unpaired) electrons. The molecule has 1 atom stereocenters. The molecule has 1 heterocycles. The number of halogens is 1. The number of nitrogens with one attached hydrogen (secondary N) is 1. The quantitative estimate of drug-likeness (QED) is 0.801. The second-order valence-corrected chi connectivity index (χ2v) is 6.23. The van der Waals surface area contributed by atoms with Crippen molar-refractivity contribution in [3.05, 3.63) is 40.3 Å². The second kappa shape index (κ2) is 7.32. The molecule has 0 spiro atoms. The van der Waals surface area contributed by atoms with Crippen molar-refractivity contribution in [2.75, 3.05) is 5.32 Å². The third-order valence-corrected chi connectivity index (χ3v) is 2.86. The average Bonchev–Trinajstić information content (AvgIpc) is 2.37. The normalized spacial score (nSPS) is 12.3. The monoisotopic (exact) mass is 342 g/mol. The van der Waals surface area contributed by atoms with E-state index < -0.39 is 29.3 Å². The van der Waals surface area contributed by atoms with Gasteiger partial charge in [0.25, 0.3) is 5.56 Å². The van der Waals surface area contributed by atoms with Crippen LogP contribution in [0, 0.1) is 0 Å². The SMILES string of the molecule is C=CCC(C(=O)O)n1cc(Cl)cc(NC(=O)OC(C)(C)C)c1=O. The number of aliphatic carboxylic acids is 1. The third kappa shape index (κ3) is 5.45. The summed E-state index contributed by atoms with van der Waals surface area (Å²) in [6.45, 7) is 8.49. The van der Waals surface area contributed by atoms with Crippen LogP contribution in [0.15, 0.2) is 29.7 Å². The first-order chi connectivity index (χ1) is 10.5. The summed E-state index contributed by atoms with van der Waals surface area (Å²) < 4.78 is 6.00. The number of nitrogens with zero attached hydrogens (tertiary/aromatic N) is 1. The number of pyridine rings is 1. The molecule has 1 amide bonds. The maximum Gasteiger partial charge on any atom is 0.412 e. The predicted molar refractivity (Wildman–Crippen MR) is 87.1 cm³/mol. The van der Waals surface area contributed by atoms with Gasteiger partial charge in [-0.15, -0.1) is 6.58 Å². The Balaban J connectivity index is 3.21. The van der Waals surface area contributed by atoms with Gasteiger partial charge in [-0.2, -0.15) is 0 Å². The van der Waals surface area contributed by atoms with Crippen LogP contribution in [0.1, 0.15) is 33.2 Å². The molecule has 7 nitrogen and oxygen atoms in total. The van der Waals surface area contributed by atoms with Gasteiger partial charge >= 0.3 is 12.1 Å². The van der Waals surface area contributed by atoms with Gasteiger partial charge in [-0.25, -0.2) is 9.59 Å². The van der Waals surface area contributed by atoms with Gasteiger partial charge in [-0.1, -0.05) is 17.7 Å². The molecule has 0 aliphatic heterocycles. The topological polar surface area (TPSA) is 97.6 Å². The highest BCUT2D eigenvalue weighted by molar-refractivity contribution is 6.30. The molecule has 0 bridgehead atoms. The first-order valence-corrected chi connectivity index (χ1v) is 7.18. The Hall–Kier alpha value is -2.28. The minimum Gasteiger partial charge on any atom is -0.480 e. The Labute approximate surface area is 138 Å². The standard InChI is InChI=1S/C15H19ClN2O5/c1-5-6-11(13(20)21)18-8-9(16)7-10(12(18)19)17-14(22)23-15(2,3)4/h5,7-8,11H,1,6H2,2-4H3,(H,17,22)(H,20,21). The number of carboxylic acid groups (broad SMARTS) is 1. The maximum absolute atomic E-state index is 12.4. The zero-order valence-corrected chi connectivity index (χ0v) is 13.9. The zero-order chi connectivity index (χ0) is 17.8. The van der Waals surface area contributed by atoms with E-state index in [0.29, 0.717) is 0 Å². The lowest BCUT2D eigenvalue weighted by molar-refractivity contribution is -0.140. The third-order valence-electron chi connectivity index (χ3n) is 2.66. The summed E-state index contributed by atoms with van der Waals surface area (Å²) in [6.07, 6.45) is 1.78. The first kappa shape index (κ1) is 18.8. The lowest BCUT2D eigenvalue weighted by Crippen LogP contribution is -2.33. The van der Waals surface area contributed by atoms with E-state index in [9.17, 15) is 19.5 Å². The van der Waals surface area contributed by atoms with Gasteiger partial charge in [0.1, 0.15) is 17.3 Å². The number of hydrogen-bond acceptors (Lipinski definition) is 4. The van der Waals surface area contributed by atoms with E-state index in [1.165, 1.54) is 18.3 Å². The van der Waals surface area contributed by atoms with E-state index in [1.807, 2.05) is 0 Å². The van der Waals surface area contributed by atoms with Gasteiger partial charge in [0.15, 0.2) is 0 Å². The summed E-state index contributed by atoms with van der Waals surface area (Å²) in [4.78, 5) is 35.5. The summed E-state index contributed by atoms with van der Waals surface area (Å²) in [5.74, 6) is -1.21. The number of rotatable bonds is 5. The van der Waals surface area contributed by atoms with Crippen LogP contribution in [0.2, 0.25) is 5.02 Å². The molecule has 0 fully saturated rings. The number of aromatic nitrogens is 1. The highest BCUT2D eigenvalue weighted by atomic mass is 35.5. The Morgan fingerprint density at radius 2 is 2.13 bits per heavy atom. The van der Waals surface area contributed by atoms with Crippen LogP contribution in [0.5, 0.6) is 0 Å². The molecule has 23 heavy (non-hydrogen) atoms. The number of ether oxygens (including phenoxy) is 1. The van der Waals surface area contributed by atoms with Crippen molar-refractivity contribution in [1.29, 1.82) is 0 Å². The van der Waals surface area contributed by atoms with Crippen LogP contribution in [-0.2, 0) is 9.53 Å². The molecule has 1 rings (SSSR count). The average molecular weight is 343 g/mol. The van der Waals surface area contributed by atoms with Crippen molar-refractivity contribution in [3.63, 3.8) is 0 Å². The first-order valence-electron chi connectivity index (χ1n) is 6.80. The van der Waals surface area contributed by atoms with Crippen LogP contribution in [0.3, 0.4) is 0 Å². The molecule has 0 aliphatic carbocycles. The van der Waals surface area contributed by atoms with Crippen molar-refractivity contribution in [1.82, 2.24) is 4.57 Å². The number of carbonyl (C=O) groups excluding carboxylic acids is 1. The summed E-state index contributed by atoms with van der Waals surface area (Å²) in [7, 11) is 0. The van der Waals surface area contributed by atoms with Crippen LogP contribution < -0.4 is 10.9 Å². The van der Waals surface area contributed by atoms with Gasteiger partial charge in [0.05, 0.1) is 5.02 Å². The van der Waals surface area contributed by atoms with E-state index in [-0.39, 0.29) is 17.1 Å². The number of amides is 1. The molecule has 0 saturated carbocycles. The minimum atomic E-state index is -1.21. The zero-order valence-electron chi connectivity index (χ0n) is 13.1. The number of anilines is 1. The van der Waals surface area contributed by atoms with Gasteiger partial charge in [0.2, 0.25) is 0 Å². The van der Waals surface area contributed by atoms with Crippen LogP contribution in [-0.4, -0.2) is 27.3 Å². The Morgan fingerprint density at radius 1 is 1.52 bits per heavy atom.